The van der Waals surface area contributed by atoms with Crippen molar-refractivity contribution >= 4 is 43.7 Å². The zero-order chi connectivity index (χ0) is 33.0. The molecule has 234 valence electrons. The molecule has 0 saturated carbocycles. The van der Waals surface area contributed by atoms with Gasteiger partial charge in [0.2, 0.25) is 5.95 Å². The van der Waals surface area contributed by atoms with E-state index >= 15 is 0 Å². The van der Waals surface area contributed by atoms with Gasteiger partial charge in [-0.1, -0.05) is 140 Å². The molecule has 0 amide bonds. The number of para-hydroxylation sites is 2. The number of hydrogen-bond acceptors (Lipinski definition) is 4. The number of hydrogen-bond donors (Lipinski definition) is 0. The van der Waals surface area contributed by atoms with Gasteiger partial charge in [0.05, 0.1) is 11.0 Å². The Hall–Kier alpha value is -6.85. The number of fused-ring (bicyclic) bond motifs is 6. The molecule has 0 bridgehead atoms. The van der Waals surface area contributed by atoms with Gasteiger partial charge in [-0.15, -0.1) is 0 Å². The fourth-order valence-electron chi connectivity index (χ4n) is 7.15. The number of benzene rings is 7. The van der Waals surface area contributed by atoms with Crippen LogP contribution in [0.4, 0.5) is 0 Å². The van der Waals surface area contributed by atoms with E-state index < -0.39 is 0 Å². The first kappa shape index (κ1) is 28.2. The van der Waals surface area contributed by atoms with Crippen molar-refractivity contribution in [2.45, 2.75) is 0 Å². The van der Waals surface area contributed by atoms with E-state index in [9.17, 15) is 0 Å². The monoisotopic (exact) mass is 640 g/mol. The lowest BCUT2D eigenvalue weighted by atomic mass is 9.98. The van der Waals surface area contributed by atoms with Gasteiger partial charge in [-0.25, -0.2) is 4.98 Å². The van der Waals surface area contributed by atoms with Gasteiger partial charge in [0, 0.05) is 32.7 Å². The first-order chi connectivity index (χ1) is 24.8. The predicted molar refractivity (Wildman–Crippen MR) is 203 cm³/mol. The third kappa shape index (κ3) is 4.60. The van der Waals surface area contributed by atoms with Gasteiger partial charge in [-0.3, -0.25) is 4.57 Å². The van der Waals surface area contributed by atoms with Crippen molar-refractivity contribution in [1.29, 1.82) is 0 Å². The Balaban J connectivity index is 1.21. The van der Waals surface area contributed by atoms with Gasteiger partial charge in [0.1, 0.15) is 11.2 Å². The standard InChI is InChI=1S/C45H28N4O/c1-3-13-29(14-4-1)31-25-26-36-35-19-7-9-22-38(35)49(39(36)28-31)45-47-43(30-15-5-2-6-16-30)46-44(48-45)33-18-11-17-32(27-33)34-21-12-24-41-42(34)37-20-8-10-23-40(37)50-41/h1-28H. The summed E-state index contributed by atoms with van der Waals surface area (Å²) in [4.78, 5) is 15.5. The van der Waals surface area contributed by atoms with E-state index in [1.54, 1.807) is 0 Å². The molecule has 3 heterocycles. The molecule has 5 nitrogen and oxygen atoms in total. The van der Waals surface area contributed by atoms with Crippen LogP contribution in [0.3, 0.4) is 0 Å². The van der Waals surface area contributed by atoms with Crippen LogP contribution in [-0.4, -0.2) is 19.5 Å². The van der Waals surface area contributed by atoms with Crippen LogP contribution in [0.5, 0.6) is 0 Å². The highest BCUT2D eigenvalue weighted by Crippen LogP contribution is 2.38. The second kappa shape index (κ2) is 11.4. The second-order valence-corrected chi connectivity index (χ2v) is 12.5. The molecule has 0 fully saturated rings. The summed E-state index contributed by atoms with van der Waals surface area (Å²) in [5.74, 6) is 1.78. The maximum absolute atomic E-state index is 6.22. The van der Waals surface area contributed by atoms with Crippen LogP contribution in [0.25, 0.3) is 94.7 Å². The molecule has 0 atom stereocenters. The number of aromatic nitrogens is 4. The quantitative estimate of drug-likeness (QED) is 0.188. The van der Waals surface area contributed by atoms with Gasteiger partial charge < -0.3 is 4.42 Å². The van der Waals surface area contributed by atoms with Gasteiger partial charge in [0.25, 0.3) is 0 Å². The van der Waals surface area contributed by atoms with Gasteiger partial charge in [-0.05, 0) is 52.6 Å². The third-order valence-corrected chi connectivity index (χ3v) is 9.47. The number of furan rings is 1. The van der Waals surface area contributed by atoms with Crippen LogP contribution < -0.4 is 0 Å². The summed E-state index contributed by atoms with van der Waals surface area (Å²) < 4.78 is 8.40. The van der Waals surface area contributed by atoms with Crippen molar-refractivity contribution in [2.75, 3.05) is 0 Å². The topological polar surface area (TPSA) is 56.7 Å². The number of nitrogens with zero attached hydrogens (tertiary/aromatic N) is 4. The molecule has 0 aliphatic heterocycles. The molecule has 50 heavy (non-hydrogen) atoms. The van der Waals surface area contributed by atoms with Crippen molar-refractivity contribution in [3.63, 3.8) is 0 Å². The average Bonchev–Trinajstić information content (AvgIpc) is 3.74. The summed E-state index contributed by atoms with van der Waals surface area (Å²) in [6, 6.07) is 58.6. The molecule has 10 aromatic rings. The van der Waals surface area contributed by atoms with Crippen molar-refractivity contribution < 1.29 is 4.42 Å². The smallest absolute Gasteiger partial charge is 0.238 e. The SMILES string of the molecule is c1ccc(-c2ccc3c4ccccc4n(-c4nc(-c5ccccc5)nc(-c5cccc(-c6cccc7oc8ccccc8c67)c5)n4)c3c2)cc1. The first-order valence-corrected chi connectivity index (χ1v) is 16.7. The first-order valence-electron chi connectivity index (χ1n) is 16.7. The molecule has 0 aliphatic rings. The predicted octanol–water partition coefficient (Wildman–Crippen LogP) is 11.5. The summed E-state index contributed by atoms with van der Waals surface area (Å²) in [5, 5.41) is 4.48. The molecule has 0 N–H and O–H groups in total. The van der Waals surface area contributed by atoms with E-state index in [0.717, 1.165) is 77.1 Å². The van der Waals surface area contributed by atoms with Crippen LogP contribution in [0.15, 0.2) is 174 Å². The fourth-order valence-corrected chi connectivity index (χ4v) is 7.15. The van der Waals surface area contributed by atoms with Crippen LogP contribution in [0.1, 0.15) is 0 Å². The largest absolute Gasteiger partial charge is 0.456 e. The van der Waals surface area contributed by atoms with Crippen LogP contribution in [0.2, 0.25) is 0 Å². The highest BCUT2D eigenvalue weighted by Gasteiger charge is 2.19. The minimum atomic E-state index is 0.568. The lowest BCUT2D eigenvalue weighted by Gasteiger charge is -2.12. The minimum absolute atomic E-state index is 0.568. The van der Waals surface area contributed by atoms with Crippen molar-refractivity contribution in [3.05, 3.63) is 170 Å². The Morgan fingerprint density at radius 1 is 0.380 bits per heavy atom. The zero-order valence-corrected chi connectivity index (χ0v) is 26.9. The van der Waals surface area contributed by atoms with Crippen LogP contribution >= 0.6 is 0 Å². The Kier molecular flexibility index (Phi) is 6.42. The normalized spacial score (nSPS) is 11.6. The molecule has 0 saturated heterocycles. The maximum Gasteiger partial charge on any atom is 0.238 e. The molecule has 7 aromatic carbocycles. The van der Waals surface area contributed by atoms with E-state index in [0.29, 0.717) is 17.6 Å². The van der Waals surface area contributed by atoms with Crippen LogP contribution in [0, 0.1) is 0 Å². The molecular weight excluding hydrogens is 613 g/mol. The van der Waals surface area contributed by atoms with Gasteiger partial charge >= 0.3 is 0 Å². The van der Waals surface area contributed by atoms with Crippen molar-refractivity contribution in [1.82, 2.24) is 19.5 Å². The Morgan fingerprint density at radius 3 is 1.84 bits per heavy atom. The molecule has 3 aromatic heterocycles. The highest BCUT2D eigenvalue weighted by atomic mass is 16.3. The molecule has 0 unspecified atom stereocenters. The van der Waals surface area contributed by atoms with E-state index in [1.807, 2.05) is 60.7 Å². The fraction of sp³-hybridized carbons (Fsp3) is 0. The molecule has 0 aliphatic carbocycles. The molecule has 5 heteroatoms. The summed E-state index contributed by atoms with van der Waals surface area (Å²) in [6.07, 6.45) is 0. The van der Waals surface area contributed by atoms with E-state index in [1.165, 1.54) is 0 Å². The molecule has 0 radical (unpaired) electrons. The minimum Gasteiger partial charge on any atom is -0.456 e. The lowest BCUT2D eigenvalue weighted by molar-refractivity contribution is 0.669. The van der Waals surface area contributed by atoms with Gasteiger partial charge in [-0.2, -0.15) is 9.97 Å². The van der Waals surface area contributed by atoms with Gasteiger partial charge in [0.15, 0.2) is 11.6 Å². The Labute approximate surface area is 287 Å². The summed E-state index contributed by atoms with van der Waals surface area (Å²) in [6.45, 7) is 0. The highest BCUT2D eigenvalue weighted by molar-refractivity contribution is 6.12. The third-order valence-electron chi connectivity index (χ3n) is 9.47. The van der Waals surface area contributed by atoms with Crippen molar-refractivity contribution in [2.24, 2.45) is 0 Å². The van der Waals surface area contributed by atoms with E-state index in [4.69, 9.17) is 19.4 Å². The van der Waals surface area contributed by atoms with Crippen LogP contribution in [-0.2, 0) is 0 Å². The second-order valence-electron chi connectivity index (χ2n) is 12.5. The molecular formula is C45H28N4O. The molecule has 0 spiro atoms. The lowest BCUT2D eigenvalue weighted by Crippen LogP contribution is -2.06. The Morgan fingerprint density at radius 2 is 1.00 bits per heavy atom. The van der Waals surface area contributed by atoms with Crippen molar-refractivity contribution in [3.8, 4) is 51.0 Å². The number of rotatable bonds is 5. The maximum atomic E-state index is 6.22. The van der Waals surface area contributed by atoms with E-state index in [2.05, 4.69) is 114 Å². The average molecular weight is 641 g/mol. The zero-order valence-electron chi connectivity index (χ0n) is 26.9. The summed E-state index contributed by atoms with van der Waals surface area (Å²) in [5.41, 5.74) is 10.1. The molecule has 10 rings (SSSR count). The summed E-state index contributed by atoms with van der Waals surface area (Å²) in [7, 11) is 0. The Bertz CT molecular complexity index is 2870. The van der Waals surface area contributed by atoms with E-state index in [-0.39, 0.29) is 0 Å². The summed E-state index contributed by atoms with van der Waals surface area (Å²) >= 11 is 0.